The van der Waals surface area contributed by atoms with Crippen LogP contribution >= 0.6 is 11.3 Å². The Morgan fingerprint density at radius 1 is 0.367 bits per heavy atom. The van der Waals surface area contributed by atoms with E-state index >= 15 is 0 Å². The van der Waals surface area contributed by atoms with Gasteiger partial charge in [0.25, 0.3) is 0 Å². The predicted octanol–water partition coefficient (Wildman–Crippen LogP) is 13.9. The Balaban J connectivity index is 1.04. The Hall–Kier alpha value is -6.16. The molecule has 0 saturated carbocycles. The van der Waals surface area contributed by atoms with Crippen molar-refractivity contribution in [3.8, 4) is 22.3 Å². The Kier molecular flexibility index (Phi) is 6.39. The average molecular weight is 644 g/mol. The summed E-state index contributed by atoms with van der Waals surface area (Å²) in [6, 6.07) is 63.0. The van der Waals surface area contributed by atoms with Gasteiger partial charge in [-0.05, 0) is 69.9 Å². The molecule has 3 heteroatoms. The monoisotopic (exact) mass is 643 g/mol. The van der Waals surface area contributed by atoms with Crippen LogP contribution in [0.1, 0.15) is 0 Å². The molecule has 0 unspecified atom stereocenters. The van der Waals surface area contributed by atoms with Gasteiger partial charge in [-0.3, -0.25) is 0 Å². The quantitative estimate of drug-likeness (QED) is 0.186. The molecule has 230 valence electrons. The molecule has 0 radical (unpaired) electrons. The zero-order valence-corrected chi connectivity index (χ0v) is 27.3. The fourth-order valence-corrected chi connectivity index (χ4v) is 8.70. The molecule has 49 heavy (non-hydrogen) atoms. The average Bonchev–Trinajstić information content (AvgIpc) is 3.75. The number of hydrogen-bond donors (Lipinski definition) is 0. The van der Waals surface area contributed by atoms with Gasteiger partial charge in [0.2, 0.25) is 0 Å². The highest BCUT2D eigenvalue weighted by atomic mass is 32.1. The van der Waals surface area contributed by atoms with Crippen molar-refractivity contribution in [2.45, 2.75) is 0 Å². The van der Waals surface area contributed by atoms with E-state index in [0.717, 1.165) is 50.1 Å². The molecule has 2 nitrogen and oxygen atoms in total. The second-order valence-corrected chi connectivity index (χ2v) is 13.5. The molecule has 0 aliphatic carbocycles. The Labute approximate surface area is 287 Å². The summed E-state index contributed by atoms with van der Waals surface area (Å²) >= 11 is 1.90. The molecule has 10 aromatic rings. The summed E-state index contributed by atoms with van der Waals surface area (Å²) in [6.45, 7) is 0. The molecular weight excluding hydrogens is 615 g/mol. The lowest BCUT2D eigenvalue weighted by molar-refractivity contribution is 0.670. The first-order valence-corrected chi connectivity index (χ1v) is 17.4. The van der Waals surface area contributed by atoms with Crippen molar-refractivity contribution in [1.82, 2.24) is 0 Å². The number of hydrogen-bond acceptors (Lipinski definition) is 3. The molecule has 8 aromatic carbocycles. The molecule has 0 bridgehead atoms. The highest BCUT2D eigenvalue weighted by Crippen LogP contribution is 2.44. The van der Waals surface area contributed by atoms with E-state index in [1.165, 1.54) is 42.1 Å². The molecule has 0 N–H and O–H groups in total. The SMILES string of the molecule is c1ccc(N(c2ccc(-c3cccc4c3oc3ccccc34)cc2)c2ccc(-c3cccc4c3sc3c5ccccc5ccc43)cc2)cc1. The van der Waals surface area contributed by atoms with Gasteiger partial charge in [-0.2, -0.15) is 0 Å². The zero-order valence-electron chi connectivity index (χ0n) is 26.5. The molecule has 0 aliphatic heterocycles. The van der Waals surface area contributed by atoms with Gasteiger partial charge in [-0.25, -0.2) is 0 Å². The summed E-state index contributed by atoms with van der Waals surface area (Å²) in [6.07, 6.45) is 0. The first kappa shape index (κ1) is 27.9. The lowest BCUT2D eigenvalue weighted by atomic mass is 10.0. The van der Waals surface area contributed by atoms with E-state index in [9.17, 15) is 0 Å². The number of benzene rings is 8. The molecular formula is C46H29NOS. The minimum atomic E-state index is 0.914. The van der Waals surface area contributed by atoms with Gasteiger partial charge >= 0.3 is 0 Å². The molecule has 0 saturated heterocycles. The van der Waals surface area contributed by atoms with Gasteiger partial charge in [-0.1, -0.05) is 133 Å². The fraction of sp³-hybridized carbons (Fsp3) is 0. The number of furan rings is 1. The Morgan fingerprint density at radius 3 is 1.71 bits per heavy atom. The van der Waals surface area contributed by atoms with Crippen molar-refractivity contribution in [3.63, 3.8) is 0 Å². The van der Waals surface area contributed by atoms with E-state index < -0.39 is 0 Å². The number of rotatable bonds is 5. The minimum Gasteiger partial charge on any atom is -0.455 e. The molecule has 0 spiro atoms. The van der Waals surface area contributed by atoms with Crippen LogP contribution in [0.4, 0.5) is 17.1 Å². The standard InChI is InChI=1S/C46H29NOS/c1-2-11-33(12-3-1)47(34-25-20-31(21-26-34)36-15-8-17-40-39-14-6-7-19-43(39)48-44(36)40)35-27-22-32(23-28-35)38-16-9-18-41-42-29-24-30-10-4-5-13-37(30)46(42)49-45(38)41/h1-29H. The molecule has 10 rings (SSSR count). The summed E-state index contributed by atoms with van der Waals surface area (Å²) in [5, 5.41) is 7.54. The van der Waals surface area contributed by atoms with Gasteiger partial charge in [0.1, 0.15) is 11.2 Å². The maximum atomic E-state index is 6.35. The third kappa shape index (κ3) is 4.55. The molecule has 0 atom stereocenters. The second kappa shape index (κ2) is 11.2. The number of thiophene rings is 1. The van der Waals surface area contributed by atoms with E-state index in [1.807, 2.05) is 23.5 Å². The largest absolute Gasteiger partial charge is 0.455 e. The van der Waals surface area contributed by atoms with E-state index in [4.69, 9.17) is 4.42 Å². The van der Waals surface area contributed by atoms with Crippen molar-refractivity contribution in [2.75, 3.05) is 4.90 Å². The van der Waals surface area contributed by atoms with E-state index in [2.05, 4.69) is 169 Å². The Morgan fingerprint density at radius 2 is 0.939 bits per heavy atom. The third-order valence-electron chi connectivity index (χ3n) is 9.68. The Bertz CT molecular complexity index is 2810. The second-order valence-electron chi connectivity index (χ2n) is 12.5. The predicted molar refractivity (Wildman–Crippen MR) is 210 cm³/mol. The van der Waals surface area contributed by atoms with Crippen LogP contribution in [0.2, 0.25) is 0 Å². The molecule has 0 aliphatic rings. The van der Waals surface area contributed by atoms with E-state index in [0.29, 0.717) is 0 Å². The molecule has 0 amide bonds. The first-order valence-electron chi connectivity index (χ1n) is 16.6. The number of anilines is 3. The van der Waals surface area contributed by atoms with Crippen LogP contribution in [-0.4, -0.2) is 0 Å². The van der Waals surface area contributed by atoms with Gasteiger partial charge < -0.3 is 9.32 Å². The molecule has 2 aromatic heterocycles. The molecule has 2 heterocycles. The highest BCUT2D eigenvalue weighted by Gasteiger charge is 2.17. The number of nitrogens with zero attached hydrogens (tertiary/aromatic N) is 1. The van der Waals surface area contributed by atoms with Crippen molar-refractivity contribution < 1.29 is 4.42 Å². The molecule has 0 fully saturated rings. The van der Waals surface area contributed by atoms with E-state index in [1.54, 1.807) is 0 Å². The van der Waals surface area contributed by atoms with Crippen LogP contribution in [0.25, 0.3) is 75.1 Å². The van der Waals surface area contributed by atoms with Gasteiger partial charge in [0.15, 0.2) is 0 Å². The summed E-state index contributed by atoms with van der Waals surface area (Å²) in [7, 11) is 0. The van der Waals surface area contributed by atoms with Crippen LogP contribution in [0, 0.1) is 0 Å². The lowest BCUT2D eigenvalue weighted by Crippen LogP contribution is -2.09. The highest BCUT2D eigenvalue weighted by molar-refractivity contribution is 7.27. The summed E-state index contributed by atoms with van der Waals surface area (Å²) in [4.78, 5) is 2.32. The van der Waals surface area contributed by atoms with Gasteiger partial charge in [0, 0.05) is 53.6 Å². The van der Waals surface area contributed by atoms with Crippen LogP contribution in [0.15, 0.2) is 180 Å². The first-order chi connectivity index (χ1) is 24.3. The lowest BCUT2D eigenvalue weighted by Gasteiger charge is -2.26. The van der Waals surface area contributed by atoms with Crippen molar-refractivity contribution in [2.24, 2.45) is 0 Å². The zero-order chi connectivity index (χ0) is 32.3. The topological polar surface area (TPSA) is 16.4 Å². The van der Waals surface area contributed by atoms with Crippen LogP contribution < -0.4 is 4.90 Å². The summed E-state index contributed by atoms with van der Waals surface area (Å²) in [5.74, 6) is 0. The van der Waals surface area contributed by atoms with Crippen molar-refractivity contribution in [1.29, 1.82) is 0 Å². The summed E-state index contributed by atoms with van der Waals surface area (Å²) < 4.78 is 9.04. The van der Waals surface area contributed by atoms with E-state index in [-0.39, 0.29) is 0 Å². The normalized spacial score (nSPS) is 11.7. The fourth-order valence-electron chi connectivity index (χ4n) is 7.33. The number of fused-ring (bicyclic) bond motifs is 8. The van der Waals surface area contributed by atoms with Crippen molar-refractivity contribution >= 4 is 81.3 Å². The maximum Gasteiger partial charge on any atom is 0.143 e. The smallest absolute Gasteiger partial charge is 0.143 e. The summed E-state index contributed by atoms with van der Waals surface area (Å²) in [5.41, 5.74) is 9.86. The van der Waals surface area contributed by atoms with Crippen LogP contribution in [0.5, 0.6) is 0 Å². The van der Waals surface area contributed by atoms with Crippen LogP contribution in [0.3, 0.4) is 0 Å². The van der Waals surface area contributed by atoms with Crippen LogP contribution in [-0.2, 0) is 0 Å². The number of para-hydroxylation sites is 3. The third-order valence-corrected chi connectivity index (χ3v) is 11.0. The van der Waals surface area contributed by atoms with Gasteiger partial charge in [0.05, 0.1) is 0 Å². The van der Waals surface area contributed by atoms with Crippen molar-refractivity contribution in [3.05, 3.63) is 176 Å². The maximum absolute atomic E-state index is 6.35. The van der Waals surface area contributed by atoms with Gasteiger partial charge in [-0.15, -0.1) is 11.3 Å². The minimum absolute atomic E-state index is 0.914.